The van der Waals surface area contributed by atoms with Crippen molar-refractivity contribution in [2.75, 3.05) is 19.6 Å². The molecule has 1 fully saturated rings. The highest BCUT2D eigenvalue weighted by Gasteiger charge is 2.39. The van der Waals surface area contributed by atoms with Gasteiger partial charge in [0.15, 0.2) is 0 Å². The van der Waals surface area contributed by atoms with Gasteiger partial charge in [0.1, 0.15) is 11.9 Å². The molecule has 0 bridgehead atoms. The first-order valence-electron chi connectivity index (χ1n) is 12.1. The van der Waals surface area contributed by atoms with Gasteiger partial charge in [-0.05, 0) is 75.8 Å². The van der Waals surface area contributed by atoms with Crippen molar-refractivity contribution in [3.05, 3.63) is 59.7 Å². The maximum atomic E-state index is 13.8. The molecule has 2 atom stereocenters. The Bertz CT molecular complexity index is 1090. The second kappa shape index (κ2) is 10.3. The highest BCUT2D eigenvalue weighted by Crippen LogP contribution is 2.33. The van der Waals surface area contributed by atoms with Gasteiger partial charge in [-0.3, -0.25) is 4.79 Å². The molecule has 7 heteroatoms. The molecular weight excluding hydrogens is 436 g/mol. The Morgan fingerprint density at radius 1 is 0.970 bits per heavy atom. The SMILES string of the molecule is CCN1CCCCN(S(=O)(=O)c2cccc(C)c2)[C@@H]2CCCC[C@@H]2Oc2ccccc2C1=O. The monoisotopic (exact) mass is 470 g/mol. The number of carbonyl (C=O) groups is 1. The molecule has 2 aliphatic rings. The van der Waals surface area contributed by atoms with Crippen molar-refractivity contribution < 1.29 is 17.9 Å². The van der Waals surface area contributed by atoms with Crippen LogP contribution in [0.1, 0.15) is 61.4 Å². The van der Waals surface area contributed by atoms with Crippen molar-refractivity contribution in [1.82, 2.24) is 9.21 Å². The van der Waals surface area contributed by atoms with Crippen molar-refractivity contribution >= 4 is 15.9 Å². The Balaban J connectivity index is 1.75. The molecule has 0 unspecified atom stereocenters. The third-order valence-electron chi connectivity index (χ3n) is 6.75. The average molecular weight is 471 g/mol. The van der Waals surface area contributed by atoms with Gasteiger partial charge in [0, 0.05) is 19.6 Å². The van der Waals surface area contributed by atoms with E-state index in [0.29, 0.717) is 42.3 Å². The standard InChI is InChI=1S/C26H34N2O4S/c1-3-27-17-8-9-18-28(33(30,31)21-12-10-11-20(2)19-21)23-14-5-7-16-25(23)32-24-15-6-4-13-22(24)26(27)29/h4,6,10-13,15,19,23,25H,3,5,7-9,14,16-18H2,1-2H3/t23-,25+/m1/s1. The molecule has 1 saturated carbocycles. The number of carbonyl (C=O) groups excluding carboxylic acids is 1. The van der Waals surface area contributed by atoms with Crippen molar-refractivity contribution in [2.24, 2.45) is 0 Å². The fourth-order valence-corrected chi connectivity index (χ4v) is 6.80. The molecule has 1 heterocycles. The summed E-state index contributed by atoms with van der Waals surface area (Å²) in [6, 6.07) is 14.3. The van der Waals surface area contributed by atoms with Crippen LogP contribution in [0.5, 0.6) is 5.75 Å². The van der Waals surface area contributed by atoms with Crippen LogP contribution in [0.3, 0.4) is 0 Å². The predicted molar refractivity (Wildman–Crippen MR) is 129 cm³/mol. The maximum Gasteiger partial charge on any atom is 0.257 e. The minimum absolute atomic E-state index is 0.0229. The predicted octanol–water partition coefficient (Wildman–Crippen LogP) is 4.63. The van der Waals surface area contributed by atoms with E-state index in [0.717, 1.165) is 37.7 Å². The fraction of sp³-hybridized carbons (Fsp3) is 0.500. The van der Waals surface area contributed by atoms with Gasteiger partial charge < -0.3 is 9.64 Å². The number of sulfonamides is 1. The number of benzene rings is 2. The fourth-order valence-electron chi connectivity index (χ4n) is 4.97. The summed E-state index contributed by atoms with van der Waals surface area (Å²) in [6.45, 7) is 5.50. The molecule has 2 aromatic carbocycles. The van der Waals surface area contributed by atoms with E-state index in [-0.39, 0.29) is 18.1 Å². The van der Waals surface area contributed by atoms with Gasteiger partial charge in [-0.1, -0.05) is 30.7 Å². The van der Waals surface area contributed by atoms with Crippen LogP contribution in [0.4, 0.5) is 0 Å². The smallest absolute Gasteiger partial charge is 0.257 e. The molecule has 33 heavy (non-hydrogen) atoms. The molecule has 0 saturated heterocycles. The summed E-state index contributed by atoms with van der Waals surface area (Å²) in [6.07, 6.45) is 4.63. The van der Waals surface area contributed by atoms with Crippen molar-refractivity contribution in [2.45, 2.75) is 69.4 Å². The third kappa shape index (κ3) is 5.09. The topological polar surface area (TPSA) is 66.9 Å². The molecular formula is C26H34N2O4S. The second-order valence-corrected chi connectivity index (χ2v) is 10.9. The number of nitrogens with zero attached hydrogens (tertiary/aromatic N) is 2. The molecule has 1 aliphatic carbocycles. The van der Waals surface area contributed by atoms with Crippen LogP contribution in [-0.4, -0.2) is 55.3 Å². The minimum atomic E-state index is -3.68. The van der Waals surface area contributed by atoms with E-state index in [1.165, 1.54) is 0 Å². The van der Waals surface area contributed by atoms with Gasteiger partial charge in [-0.2, -0.15) is 4.31 Å². The lowest BCUT2D eigenvalue weighted by Gasteiger charge is -2.40. The van der Waals surface area contributed by atoms with E-state index in [1.54, 1.807) is 22.5 Å². The summed E-state index contributed by atoms with van der Waals surface area (Å²) >= 11 is 0. The van der Waals surface area contributed by atoms with Crippen LogP contribution >= 0.6 is 0 Å². The maximum absolute atomic E-state index is 13.8. The first-order valence-corrected chi connectivity index (χ1v) is 13.5. The molecule has 178 valence electrons. The van der Waals surface area contributed by atoms with Crippen LogP contribution in [0, 0.1) is 6.92 Å². The number of para-hydroxylation sites is 1. The van der Waals surface area contributed by atoms with Crippen molar-refractivity contribution in [1.29, 1.82) is 0 Å². The number of ether oxygens (including phenoxy) is 1. The van der Waals surface area contributed by atoms with Crippen LogP contribution in [0.15, 0.2) is 53.4 Å². The largest absolute Gasteiger partial charge is 0.488 e. The van der Waals surface area contributed by atoms with Gasteiger partial charge in [0.05, 0.1) is 16.5 Å². The highest BCUT2D eigenvalue weighted by atomic mass is 32.2. The van der Waals surface area contributed by atoms with E-state index in [4.69, 9.17) is 4.74 Å². The molecule has 2 aromatic rings. The zero-order valence-corrected chi connectivity index (χ0v) is 20.4. The Hall–Kier alpha value is -2.38. The lowest BCUT2D eigenvalue weighted by atomic mass is 9.92. The molecule has 0 spiro atoms. The van der Waals surface area contributed by atoms with Gasteiger partial charge in [-0.25, -0.2) is 8.42 Å². The van der Waals surface area contributed by atoms with Crippen molar-refractivity contribution in [3.63, 3.8) is 0 Å². The third-order valence-corrected chi connectivity index (χ3v) is 8.68. The Labute approximate surface area is 197 Å². The van der Waals surface area contributed by atoms with Crippen LogP contribution in [0.2, 0.25) is 0 Å². The summed E-state index contributed by atoms with van der Waals surface area (Å²) in [5.41, 5.74) is 1.48. The minimum Gasteiger partial charge on any atom is -0.488 e. The number of aryl methyl sites for hydroxylation is 1. The van der Waals surface area contributed by atoms with Crippen LogP contribution in [0.25, 0.3) is 0 Å². The zero-order chi connectivity index (χ0) is 23.4. The Morgan fingerprint density at radius 3 is 2.52 bits per heavy atom. The Morgan fingerprint density at radius 2 is 1.73 bits per heavy atom. The lowest BCUT2D eigenvalue weighted by molar-refractivity contribution is 0.0641. The summed E-state index contributed by atoms with van der Waals surface area (Å²) in [7, 11) is -3.68. The van der Waals surface area contributed by atoms with Crippen molar-refractivity contribution in [3.8, 4) is 5.75 Å². The molecule has 6 nitrogen and oxygen atoms in total. The second-order valence-electron chi connectivity index (χ2n) is 9.03. The van der Waals surface area contributed by atoms with E-state index in [9.17, 15) is 13.2 Å². The van der Waals surface area contributed by atoms with E-state index >= 15 is 0 Å². The van der Waals surface area contributed by atoms with E-state index in [2.05, 4.69) is 0 Å². The van der Waals surface area contributed by atoms with Crippen LogP contribution in [-0.2, 0) is 10.0 Å². The molecule has 1 amide bonds. The molecule has 4 rings (SSSR count). The van der Waals surface area contributed by atoms with E-state index < -0.39 is 10.0 Å². The highest BCUT2D eigenvalue weighted by molar-refractivity contribution is 7.89. The Kier molecular flexibility index (Phi) is 7.39. The summed E-state index contributed by atoms with van der Waals surface area (Å²) in [5.74, 6) is 0.525. The van der Waals surface area contributed by atoms with Gasteiger partial charge in [0.25, 0.3) is 5.91 Å². The molecule has 0 aromatic heterocycles. The number of rotatable bonds is 3. The first kappa shape index (κ1) is 23.8. The first-order chi connectivity index (χ1) is 15.9. The quantitative estimate of drug-likeness (QED) is 0.656. The number of fused-ring (bicyclic) bond motifs is 2. The van der Waals surface area contributed by atoms with Gasteiger partial charge >= 0.3 is 0 Å². The van der Waals surface area contributed by atoms with Gasteiger partial charge in [0.2, 0.25) is 10.0 Å². The molecule has 0 radical (unpaired) electrons. The van der Waals surface area contributed by atoms with Gasteiger partial charge in [-0.15, -0.1) is 0 Å². The summed E-state index contributed by atoms with van der Waals surface area (Å²) < 4.78 is 35.8. The number of hydrogen-bond donors (Lipinski definition) is 0. The van der Waals surface area contributed by atoms with Crippen LogP contribution < -0.4 is 4.74 Å². The molecule has 0 N–H and O–H groups in total. The lowest BCUT2D eigenvalue weighted by Crippen LogP contribution is -2.51. The number of hydrogen-bond acceptors (Lipinski definition) is 4. The zero-order valence-electron chi connectivity index (χ0n) is 19.6. The summed E-state index contributed by atoms with van der Waals surface area (Å²) in [4.78, 5) is 15.4. The normalized spacial score (nSPS) is 23.0. The summed E-state index contributed by atoms with van der Waals surface area (Å²) in [5, 5.41) is 0. The number of amides is 1. The van der Waals surface area contributed by atoms with E-state index in [1.807, 2.05) is 49.1 Å². The average Bonchev–Trinajstić information content (AvgIpc) is 2.81. The molecule has 1 aliphatic heterocycles.